The molecule has 0 saturated heterocycles. The van der Waals surface area contributed by atoms with Gasteiger partial charge in [-0.1, -0.05) is 11.6 Å². The third-order valence-electron chi connectivity index (χ3n) is 3.20. The number of rotatable bonds is 7. The second-order valence-electron chi connectivity index (χ2n) is 5.06. The standard InChI is InChI=1S/C16H20ClN3O3/c1-4-23-15-13(17)7-12(8-14(15)22-3)16(21)19-11(2)9-20-6-5-18-10-20/h5-8,10-11H,4,9H2,1-3H3,(H,19,21)/t11-/m0/s1. The lowest BCUT2D eigenvalue weighted by Gasteiger charge is -2.16. The van der Waals surface area contributed by atoms with E-state index in [1.807, 2.05) is 24.6 Å². The molecule has 0 saturated carbocycles. The quantitative estimate of drug-likeness (QED) is 0.843. The van der Waals surface area contributed by atoms with Crippen molar-refractivity contribution in [1.29, 1.82) is 0 Å². The van der Waals surface area contributed by atoms with Gasteiger partial charge in [-0.2, -0.15) is 0 Å². The van der Waals surface area contributed by atoms with Gasteiger partial charge in [0, 0.05) is 30.5 Å². The van der Waals surface area contributed by atoms with E-state index in [2.05, 4.69) is 10.3 Å². The van der Waals surface area contributed by atoms with Crippen molar-refractivity contribution in [2.24, 2.45) is 0 Å². The Balaban J connectivity index is 2.11. The van der Waals surface area contributed by atoms with Crippen LogP contribution in [0.1, 0.15) is 24.2 Å². The molecule has 0 aliphatic carbocycles. The summed E-state index contributed by atoms with van der Waals surface area (Å²) >= 11 is 6.19. The van der Waals surface area contributed by atoms with Crippen LogP contribution in [-0.4, -0.2) is 35.2 Å². The van der Waals surface area contributed by atoms with Crippen LogP contribution >= 0.6 is 11.6 Å². The Bertz CT molecular complexity index is 659. The number of nitrogens with one attached hydrogen (secondary N) is 1. The fourth-order valence-corrected chi connectivity index (χ4v) is 2.46. The molecule has 0 unspecified atom stereocenters. The molecule has 0 spiro atoms. The molecule has 23 heavy (non-hydrogen) atoms. The van der Waals surface area contributed by atoms with Crippen molar-refractivity contribution in [3.8, 4) is 11.5 Å². The molecule has 0 radical (unpaired) electrons. The highest BCUT2D eigenvalue weighted by Gasteiger charge is 2.17. The van der Waals surface area contributed by atoms with Gasteiger partial charge in [0.2, 0.25) is 0 Å². The Kier molecular flexibility index (Phi) is 5.87. The normalized spacial score (nSPS) is 11.8. The van der Waals surface area contributed by atoms with Crippen molar-refractivity contribution < 1.29 is 14.3 Å². The number of carbonyl (C=O) groups excluding carboxylic acids is 1. The number of ether oxygens (including phenoxy) is 2. The van der Waals surface area contributed by atoms with Crippen LogP contribution in [-0.2, 0) is 6.54 Å². The molecular weight excluding hydrogens is 318 g/mol. The zero-order valence-electron chi connectivity index (χ0n) is 13.4. The Morgan fingerprint density at radius 3 is 2.87 bits per heavy atom. The van der Waals surface area contributed by atoms with Crippen molar-refractivity contribution in [3.63, 3.8) is 0 Å². The lowest BCUT2D eigenvalue weighted by atomic mass is 10.1. The average Bonchev–Trinajstić information content (AvgIpc) is 3.01. The first-order chi connectivity index (χ1) is 11.0. The molecule has 1 N–H and O–H groups in total. The summed E-state index contributed by atoms with van der Waals surface area (Å²) < 4.78 is 12.6. The Hall–Kier alpha value is -2.21. The summed E-state index contributed by atoms with van der Waals surface area (Å²) in [5.41, 5.74) is 0.424. The van der Waals surface area contributed by atoms with Gasteiger partial charge < -0.3 is 19.4 Å². The van der Waals surface area contributed by atoms with Crippen LogP contribution in [0.3, 0.4) is 0 Å². The van der Waals surface area contributed by atoms with Gasteiger partial charge in [-0.25, -0.2) is 4.98 Å². The third-order valence-corrected chi connectivity index (χ3v) is 3.48. The molecule has 1 atom stereocenters. The van der Waals surface area contributed by atoms with Gasteiger partial charge in [-0.05, 0) is 26.0 Å². The highest BCUT2D eigenvalue weighted by Crippen LogP contribution is 2.36. The van der Waals surface area contributed by atoms with Gasteiger partial charge in [-0.3, -0.25) is 4.79 Å². The van der Waals surface area contributed by atoms with E-state index in [0.717, 1.165) is 0 Å². The minimum atomic E-state index is -0.221. The van der Waals surface area contributed by atoms with Gasteiger partial charge in [0.15, 0.2) is 11.5 Å². The zero-order chi connectivity index (χ0) is 16.8. The molecule has 0 fully saturated rings. The van der Waals surface area contributed by atoms with Crippen LogP contribution in [0, 0.1) is 0 Å². The number of amides is 1. The van der Waals surface area contributed by atoms with E-state index in [4.69, 9.17) is 21.1 Å². The number of hydrogen-bond donors (Lipinski definition) is 1. The number of imidazole rings is 1. The zero-order valence-corrected chi connectivity index (χ0v) is 14.1. The van der Waals surface area contributed by atoms with E-state index in [0.29, 0.717) is 35.2 Å². The first kappa shape index (κ1) is 17.1. The van der Waals surface area contributed by atoms with Crippen LogP contribution in [0.4, 0.5) is 0 Å². The monoisotopic (exact) mass is 337 g/mol. The van der Waals surface area contributed by atoms with E-state index in [9.17, 15) is 4.79 Å². The largest absolute Gasteiger partial charge is 0.493 e. The molecule has 1 heterocycles. The number of hydrogen-bond acceptors (Lipinski definition) is 4. The van der Waals surface area contributed by atoms with E-state index in [1.165, 1.54) is 7.11 Å². The van der Waals surface area contributed by atoms with Gasteiger partial charge in [0.1, 0.15) is 0 Å². The van der Waals surface area contributed by atoms with Gasteiger partial charge in [0.05, 0.1) is 25.1 Å². The predicted octanol–water partition coefficient (Wildman–Crippen LogP) is 2.76. The molecule has 124 valence electrons. The molecule has 2 aromatic rings. The molecule has 1 amide bonds. The van der Waals surface area contributed by atoms with E-state index < -0.39 is 0 Å². The molecule has 0 aliphatic rings. The maximum atomic E-state index is 12.4. The third kappa shape index (κ3) is 4.39. The lowest BCUT2D eigenvalue weighted by molar-refractivity contribution is 0.0936. The average molecular weight is 338 g/mol. The minimum absolute atomic E-state index is 0.0620. The van der Waals surface area contributed by atoms with Crippen molar-refractivity contribution in [2.45, 2.75) is 26.4 Å². The Labute approximate surface area is 140 Å². The van der Waals surface area contributed by atoms with Crippen LogP contribution in [0.15, 0.2) is 30.9 Å². The second kappa shape index (κ2) is 7.87. The second-order valence-corrected chi connectivity index (χ2v) is 5.46. The summed E-state index contributed by atoms with van der Waals surface area (Å²) in [6.07, 6.45) is 5.25. The maximum absolute atomic E-state index is 12.4. The van der Waals surface area contributed by atoms with Gasteiger partial charge in [-0.15, -0.1) is 0 Å². The number of halogens is 1. The van der Waals surface area contributed by atoms with Gasteiger partial charge >= 0.3 is 0 Å². The number of methoxy groups -OCH3 is 1. The van der Waals surface area contributed by atoms with E-state index in [1.54, 1.807) is 24.7 Å². The molecular formula is C16H20ClN3O3. The molecule has 2 rings (SSSR count). The lowest BCUT2D eigenvalue weighted by Crippen LogP contribution is -2.35. The highest BCUT2D eigenvalue weighted by atomic mass is 35.5. The number of carbonyl (C=O) groups is 1. The van der Waals surface area contributed by atoms with Crippen LogP contribution in [0.25, 0.3) is 0 Å². The molecule has 0 aliphatic heterocycles. The van der Waals surface area contributed by atoms with Crippen molar-refractivity contribution in [2.75, 3.05) is 13.7 Å². The molecule has 0 bridgehead atoms. The number of nitrogens with zero attached hydrogens (tertiary/aromatic N) is 2. The fraction of sp³-hybridized carbons (Fsp3) is 0.375. The molecule has 6 nitrogen and oxygen atoms in total. The first-order valence-electron chi connectivity index (χ1n) is 7.32. The summed E-state index contributed by atoms with van der Waals surface area (Å²) in [5.74, 6) is 0.660. The SMILES string of the molecule is CCOc1c(Cl)cc(C(=O)N[C@@H](C)Cn2ccnc2)cc1OC. The minimum Gasteiger partial charge on any atom is -0.493 e. The number of aromatic nitrogens is 2. The van der Waals surface area contributed by atoms with Crippen molar-refractivity contribution in [1.82, 2.24) is 14.9 Å². The molecule has 7 heteroatoms. The Morgan fingerprint density at radius 2 is 2.26 bits per heavy atom. The van der Waals surface area contributed by atoms with Crippen LogP contribution in [0.5, 0.6) is 11.5 Å². The first-order valence-corrected chi connectivity index (χ1v) is 7.69. The summed E-state index contributed by atoms with van der Waals surface area (Å²) in [4.78, 5) is 16.4. The van der Waals surface area contributed by atoms with Crippen molar-refractivity contribution >= 4 is 17.5 Å². The summed E-state index contributed by atoms with van der Waals surface area (Å²) in [6.45, 7) is 4.87. The smallest absolute Gasteiger partial charge is 0.251 e. The maximum Gasteiger partial charge on any atom is 0.251 e. The summed E-state index contributed by atoms with van der Waals surface area (Å²) in [5, 5.41) is 3.27. The molecule has 1 aromatic carbocycles. The Morgan fingerprint density at radius 1 is 1.48 bits per heavy atom. The van der Waals surface area contributed by atoms with Crippen LogP contribution < -0.4 is 14.8 Å². The fourth-order valence-electron chi connectivity index (χ4n) is 2.20. The molecule has 1 aromatic heterocycles. The van der Waals surface area contributed by atoms with Gasteiger partial charge in [0.25, 0.3) is 5.91 Å². The predicted molar refractivity (Wildman–Crippen MR) is 88.3 cm³/mol. The van der Waals surface area contributed by atoms with E-state index in [-0.39, 0.29) is 11.9 Å². The summed E-state index contributed by atoms with van der Waals surface area (Å²) in [6, 6.07) is 3.14. The highest BCUT2D eigenvalue weighted by molar-refractivity contribution is 6.32. The number of benzene rings is 1. The van der Waals surface area contributed by atoms with Crippen molar-refractivity contribution in [3.05, 3.63) is 41.4 Å². The topological polar surface area (TPSA) is 65.4 Å². The van der Waals surface area contributed by atoms with Crippen LogP contribution in [0.2, 0.25) is 5.02 Å². The summed E-state index contributed by atoms with van der Waals surface area (Å²) in [7, 11) is 1.51. The van der Waals surface area contributed by atoms with E-state index >= 15 is 0 Å².